The van der Waals surface area contributed by atoms with Crippen LogP contribution in [-0.2, 0) is 6.54 Å². The van der Waals surface area contributed by atoms with Crippen molar-refractivity contribution in [1.82, 2.24) is 5.32 Å². The lowest BCUT2D eigenvalue weighted by atomic mass is 10.1. The molecule has 0 saturated heterocycles. The van der Waals surface area contributed by atoms with Crippen molar-refractivity contribution in [2.75, 3.05) is 12.5 Å². The lowest BCUT2D eigenvalue weighted by molar-refractivity contribution is 0.0951. The van der Waals surface area contributed by atoms with Gasteiger partial charge in [-0.05, 0) is 24.3 Å². The van der Waals surface area contributed by atoms with Gasteiger partial charge in [-0.1, -0.05) is 23.7 Å². The molecular formula is C15H13ClN2O3. The molecule has 0 atom stereocenters. The third kappa shape index (κ3) is 2.73. The number of carbonyl (C=O) groups excluding carboxylic acids is 1. The van der Waals surface area contributed by atoms with E-state index in [1.54, 1.807) is 18.2 Å². The molecule has 3 N–H and O–H groups in total. The molecule has 0 aromatic heterocycles. The number of hydrogen-bond donors (Lipinski definition) is 2. The van der Waals surface area contributed by atoms with Gasteiger partial charge in [0.2, 0.25) is 6.79 Å². The van der Waals surface area contributed by atoms with Gasteiger partial charge in [0, 0.05) is 22.8 Å². The lowest BCUT2D eigenvalue weighted by Crippen LogP contribution is -2.23. The van der Waals surface area contributed by atoms with Gasteiger partial charge in [-0.3, -0.25) is 4.79 Å². The van der Waals surface area contributed by atoms with E-state index in [1.165, 1.54) is 0 Å². The Bertz CT molecular complexity index is 703. The number of halogens is 1. The average molecular weight is 305 g/mol. The van der Waals surface area contributed by atoms with Crippen molar-refractivity contribution in [3.63, 3.8) is 0 Å². The first-order chi connectivity index (χ1) is 10.1. The van der Waals surface area contributed by atoms with Gasteiger partial charge in [-0.15, -0.1) is 0 Å². The van der Waals surface area contributed by atoms with E-state index in [4.69, 9.17) is 26.8 Å². The molecule has 0 radical (unpaired) electrons. The first kappa shape index (κ1) is 13.6. The third-order valence-corrected chi connectivity index (χ3v) is 3.41. The zero-order chi connectivity index (χ0) is 14.8. The van der Waals surface area contributed by atoms with E-state index >= 15 is 0 Å². The van der Waals surface area contributed by atoms with E-state index in [9.17, 15) is 4.79 Å². The molecule has 1 aliphatic heterocycles. The Kier molecular flexibility index (Phi) is 3.58. The Labute approximate surface area is 126 Å². The molecule has 1 amide bonds. The maximum atomic E-state index is 12.1. The van der Waals surface area contributed by atoms with Gasteiger partial charge < -0.3 is 20.5 Å². The average Bonchev–Trinajstić information content (AvgIpc) is 2.93. The predicted octanol–water partition coefficient (Wildman–Crippen LogP) is 2.58. The molecule has 1 heterocycles. The summed E-state index contributed by atoms with van der Waals surface area (Å²) in [6.45, 7) is 0.526. The highest BCUT2D eigenvalue weighted by Crippen LogP contribution is 2.35. The monoisotopic (exact) mass is 304 g/mol. The van der Waals surface area contributed by atoms with Crippen LogP contribution in [0.25, 0.3) is 0 Å². The predicted molar refractivity (Wildman–Crippen MR) is 79.6 cm³/mol. The summed E-state index contributed by atoms with van der Waals surface area (Å²) in [5, 5.41) is 3.30. The van der Waals surface area contributed by atoms with Crippen molar-refractivity contribution in [2.24, 2.45) is 0 Å². The normalized spacial score (nSPS) is 12.2. The smallest absolute Gasteiger partial charge is 0.253 e. The summed E-state index contributed by atoms with van der Waals surface area (Å²) in [5.41, 5.74) is 7.38. The minimum Gasteiger partial charge on any atom is -0.454 e. The number of para-hydroxylation sites is 1. The first-order valence-corrected chi connectivity index (χ1v) is 6.73. The number of carbonyl (C=O) groups is 1. The van der Waals surface area contributed by atoms with Crippen molar-refractivity contribution in [1.29, 1.82) is 0 Å². The maximum absolute atomic E-state index is 12.1. The highest BCUT2D eigenvalue weighted by Gasteiger charge is 2.18. The molecule has 108 valence electrons. The summed E-state index contributed by atoms with van der Waals surface area (Å²) in [5.74, 6) is 1.09. The Morgan fingerprint density at radius 1 is 1.29 bits per heavy atom. The van der Waals surface area contributed by atoms with E-state index in [2.05, 4.69) is 5.32 Å². The molecule has 3 rings (SSSR count). The highest BCUT2D eigenvalue weighted by atomic mass is 35.5. The number of nitrogen functional groups attached to an aromatic ring is 1. The Morgan fingerprint density at radius 3 is 2.95 bits per heavy atom. The quantitative estimate of drug-likeness (QED) is 0.855. The van der Waals surface area contributed by atoms with Gasteiger partial charge in [0.05, 0.1) is 5.56 Å². The molecule has 6 heteroatoms. The van der Waals surface area contributed by atoms with Gasteiger partial charge in [0.1, 0.15) is 0 Å². The van der Waals surface area contributed by atoms with Crippen LogP contribution in [0.5, 0.6) is 11.5 Å². The van der Waals surface area contributed by atoms with Gasteiger partial charge >= 0.3 is 0 Å². The molecule has 1 aliphatic rings. The van der Waals surface area contributed by atoms with E-state index in [1.807, 2.05) is 18.2 Å². The number of fused-ring (bicyclic) bond motifs is 1. The van der Waals surface area contributed by atoms with Crippen molar-refractivity contribution in [3.05, 3.63) is 52.5 Å². The topological polar surface area (TPSA) is 73.6 Å². The van der Waals surface area contributed by atoms with Gasteiger partial charge in [0.15, 0.2) is 11.5 Å². The fourth-order valence-corrected chi connectivity index (χ4v) is 2.32. The molecule has 0 fully saturated rings. The van der Waals surface area contributed by atoms with Crippen molar-refractivity contribution in [2.45, 2.75) is 6.54 Å². The second-order valence-corrected chi connectivity index (χ2v) is 5.00. The number of rotatable bonds is 3. The minimum absolute atomic E-state index is 0.199. The summed E-state index contributed by atoms with van der Waals surface area (Å²) >= 11 is 5.82. The zero-order valence-corrected chi connectivity index (χ0v) is 11.8. The van der Waals surface area contributed by atoms with Crippen LogP contribution in [0.15, 0.2) is 36.4 Å². The molecule has 2 aromatic rings. The summed E-state index contributed by atoms with van der Waals surface area (Å²) < 4.78 is 10.7. The lowest BCUT2D eigenvalue weighted by Gasteiger charge is -2.09. The van der Waals surface area contributed by atoms with Gasteiger partial charge in [-0.25, -0.2) is 0 Å². The van der Waals surface area contributed by atoms with E-state index in [-0.39, 0.29) is 12.7 Å². The Morgan fingerprint density at radius 2 is 2.14 bits per heavy atom. The summed E-state index contributed by atoms with van der Waals surface area (Å²) in [6.07, 6.45) is 0. The SMILES string of the molecule is Nc1cc(Cl)ccc1C(=O)NCc1cccc2c1OCO2. The van der Waals surface area contributed by atoms with Crippen molar-refractivity contribution in [3.8, 4) is 11.5 Å². The molecule has 0 aliphatic carbocycles. The molecule has 2 aromatic carbocycles. The number of nitrogens with two attached hydrogens (primary N) is 1. The Balaban J connectivity index is 1.73. The Hall–Kier alpha value is -2.40. The number of anilines is 1. The fraction of sp³-hybridized carbons (Fsp3) is 0.133. The molecule has 0 bridgehead atoms. The standard InChI is InChI=1S/C15H13ClN2O3/c16-10-4-5-11(12(17)6-10)15(19)18-7-9-2-1-3-13-14(9)21-8-20-13/h1-6H,7-8,17H2,(H,18,19). The van der Waals surface area contributed by atoms with E-state index in [0.717, 1.165) is 5.56 Å². The largest absolute Gasteiger partial charge is 0.454 e. The van der Waals surface area contributed by atoms with Crippen molar-refractivity contribution >= 4 is 23.2 Å². The second-order valence-electron chi connectivity index (χ2n) is 4.57. The van der Waals surface area contributed by atoms with Crippen LogP contribution in [-0.4, -0.2) is 12.7 Å². The number of benzene rings is 2. The summed E-state index contributed by atoms with van der Waals surface area (Å²) in [7, 11) is 0. The maximum Gasteiger partial charge on any atom is 0.253 e. The number of ether oxygens (including phenoxy) is 2. The van der Waals surface area contributed by atoms with Crippen LogP contribution in [0.4, 0.5) is 5.69 Å². The molecule has 0 saturated carbocycles. The molecule has 0 unspecified atom stereocenters. The van der Waals surface area contributed by atoms with E-state index < -0.39 is 0 Å². The van der Waals surface area contributed by atoms with Crippen LogP contribution in [0, 0.1) is 0 Å². The van der Waals surface area contributed by atoms with Crippen LogP contribution in [0.3, 0.4) is 0 Å². The summed E-state index contributed by atoms with van der Waals surface area (Å²) in [6, 6.07) is 10.3. The van der Waals surface area contributed by atoms with E-state index in [0.29, 0.717) is 34.3 Å². The number of amides is 1. The van der Waals surface area contributed by atoms with Crippen molar-refractivity contribution < 1.29 is 14.3 Å². The summed E-state index contributed by atoms with van der Waals surface area (Å²) in [4.78, 5) is 12.1. The van der Waals surface area contributed by atoms with Crippen LogP contribution >= 0.6 is 11.6 Å². The second kappa shape index (κ2) is 5.54. The first-order valence-electron chi connectivity index (χ1n) is 6.36. The van der Waals surface area contributed by atoms with Gasteiger partial charge in [0.25, 0.3) is 5.91 Å². The van der Waals surface area contributed by atoms with Crippen LogP contribution in [0.1, 0.15) is 15.9 Å². The van der Waals surface area contributed by atoms with Crippen LogP contribution in [0.2, 0.25) is 5.02 Å². The molecular weight excluding hydrogens is 292 g/mol. The molecule has 21 heavy (non-hydrogen) atoms. The third-order valence-electron chi connectivity index (χ3n) is 3.18. The number of hydrogen-bond acceptors (Lipinski definition) is 4. The fourth-order valence-electron chi connectivity index (χ4n) is 2.14. The minimum atomic E-state index is -0.263. The molecule has 0 spiro atoms. The highest BCUT2D eigenvalue weighted by molar-refractivity contribution is 6.31. The number of nitrogens with one attached hydrogen (secondary N) is 1. The van der Waals surface area contributed by atoms with Gasteiger partial charge in [-0.2, -0.15) is 0 Å². The van der Waals surface area contributed by atoms with Crippen LogP contribution < -0.4 is 20.5 Å². The molecule has 5 nitrogen and oxygen atoms in total. The zero-order valence-electron chi connectivity index (χ0n) is 11.1.